The normalized spacial score (nSPS) is 10.6. The molecule has 28 heavy (non-hydrogen) atoms. The predicted octanol–water partition coefficient (Wildman–Crippen LogP) is 4.47. The standard InChI is InChI=1S/C21H28N4O2.HI/c1-5-6-7-14-25(3)21(22-2)24-16-17-8-13-20(23-15-17)27-19-11-9-18(26-4)10-12-19;/h5,8-13,15H,1,6-7,14,16H2,2-4H3,(H,22,24);1H. The zero-order chi connectivity index (χ0) is 19.5. The molecule has 0 saturated heterocycles. The lowest BCUT2D eigenvalue weighted by Gasteiger charge is -2.21. The number of nitrogens with one attached hydrogen (secondary N) is 1. The quantitative estimate of drug-likeness (QED) is 0.183. The van der Waals surface area contributed by atoms with E-state index in [9.17, 15) is 0 Å². The highest BCUT2D eigenvalue weighted by Crippen LogP contribution is 2.22. The van der Waals surface area contributed by atoms with Crippen molar-refractivity contribution in [2.24, 2.45) is 4.99 Å². The number of guanidine groups is 1. The van der Waals surface area contributed by atoms with Crippen molar-refractivity contribution in [3.8, 4) is 17.4 Å². The lowest BCUT2D eigenvalue weighted by atomic mass is 10.3. The number of hydrogen-bond donors (Lipinski definition) is 1. The molecular weight excluding hydrogens is 467 g/mol. The van der Waals surface area contributed by atoms with Crippen molar-refractivity contribution >= 4 is 29.9 Å². The Bertz CT molecular complexity index is 733. The first-order chi connectivity index (χ1) is 13.2. The van der Waals surface area contributed by atoms with Gasteiger partial charge in [0.15, 0.2) is 5.96 Å². The molecule has 0 atom stereocenters. The van der Waals surface area contributed by atoms with Gasteiger partial charge in [-0.05, 0) is 42.7 Å². The first-order valence-corrected chi connectivity index (χ1v) is 8.95. The summed E-state index contributed by atoms with van der Waals surface area (Å²) in [6.07, 6.45) is 5.79. The highest BCUT2D eigenvalue weighted by molar-refractivity contribution is 14.0. The smallest absolute Gasteiger partial charge is 0.219 e. The number of allylic oxidation sites excluding steroid dienone is 1. The minimum absolute atomic E-state index is 0. The van der Waals surface area contributed by atoms with Crippen molar-refractivity contribution in [1.82, 2.24) is 15.2 Å². The maximum absolute atomic E-state index is 5.75. The summed E-state index contributed by atoms with van der Waals surface area (Å²) in [4.78, 5) is 10.8. The molecular formula is C21H29IN4O2. The van der Waals surface area contributed by atoms with Gasteiger partial charge < -0.3 is 19.7 Å². The summed E-state index contributed by atoms with van der Waals surface area (Å²) >= 11 is 0. The van der Waals surface area contributed by atoms with Gasteiger partial charge in [0.25, 0.3) is 0 Å². The van der Waals surface area contributed by atoms with Crippen LogP contribution in [0.1, 0.15) is 18.4 Å². The fraction of sp³-hybridized carbons (Fsp3) is 0.333. The van der Waals surface area contributed by atoms with Crippen LogP contribution in [0.4, 0.5) is 0 Å². The maximum Gasteiger partial charge on any atom is 0.219 e. The highest BCUT2D eigenvalue weighted by atomic mass is 127. The van der Waals surface area contributed by atoms with Gasteiger partial charge in [-0.1, -0.05) is 12.1 Å². The minimum Gasteiger partial charge on any atom is -0.497 e. The molecule has 0 aliphatic carbocycles. The number of nitrogens with zero attached hydrogens (tertiary/aromatic N) is 3. The number of aliphatic imine (C=N–C) groups is 1. The summed E-state index contributed by atoms with van der Waals surface area (Å²) in [7, 11) is 5.46. The molecule has 0 spiro atoms. The minimum atomic E-state index is 0. The maximum atomic E-state index is 5.75. The molecule has 7 heteroatoms. The molecule has 2 rings (SSSR count). The van der Waals surface area contributed by atoms with Gasteiger partial charge in [-0.15, -0.1) is 30.6 Å². The monoisotopic (exact) mass is 496 g/mol. The summed E-state index contributed by atoms with van der Waals surface area (Å²) in [5, 5.41) is 3.35. The average molecular weight is 496 g/mol. The van der Waals surface area contributed by atoms with Crippen LogP contribution in [0.2, 0.25) is 0 Å². The van der Waals surface area contributed by atoms with Crippen LogP contribution in [0, 0.1) is 0 Å². The SMILES string of the molecule is C=CCCCN(C)C(=NC)NCc1ccc(Oc2ccc(OC)cc2)nc1.I. The molecule has 0 radical (unpaired) electrons. The van der Waals surface area contributed by atoms with Crippen molar-refractivity contribution in [2.45, 2.75) is 19.4 Å². The Balaban J connectivity index is 0.00000392. The highest BCUT2D eigenvalue weighted by Gasteiger charge is 2.06. The summed E-state index contributed by atoms with van der Waals surface area (Å²) in [6.45, 7) is 5.33. The van der Waals surface area contributed by atoms with Crippen LogP contribution in [0.3, 0.4) is 0 Å². The second-order valence-corrected chi connectivity index (χ2v) is 6.04. The Morgan fingerprint density at radius 3 is 2.50 bits per heavy atom. The van der Waals surface area contributed by atoms with Crippen LogP contribution in [-0.4, -0.2) is 43.6 Å². The lowest BCUT2D eigenvalue weighted by Crippen LogP contribution is -2.38. The van der Waals surface area contributed by atoms with Crippen LogP contribution in [-0.2, 0) is 6.54 Å². The predicted molar refractivity (Wildman–Crippen MR) is 125 cm³/mol. The molecule has 152 valence electrons. The van der Waals surface area contributed by atoms with E-state index < -0.39 is 0 Å². The average Bonchev–Trinajstić information content (AvgIpc) is 2.70. The number of benzene rings is 1. The van der Waals surface area contributed by atoms with E-state index in [-0.39, 0.29) is 24.0 Å². The number of methoxy groups -OCH3 is 1. The molecule has 0 saturated carbocycles. The summed E-state index contributed by atoms with van der Waals surface area (Å²) in [6, 6.07) is 11.3. The summed E-state index contributed by atoms with van der Waals surface area (Å²) in [5.74, 6) is 2.92. The van der Waals surface area contributed by atoms with Crippen molar-refractivity contribution in [2.75, 3.05) is 27.7 Å². The summed E-state index contributed by atoms with van der Waals surface area (Å²) in [5.41, 5.74) is 1.05. The first kappa shape index (κ1) is 23.7. The molecule has 0 fully saturated rings. The van der Waals surface area contributed by atoms with Gasteiger partial charge in [0.05, 0.1) is 7.11 Å². The molecule has 1 heterocycles. The number of unbranched alkanes of at least 4 members (excludes halogenated alkanes) is 1. The van der Waals surface area contributed by atoms with E-state index in [0.29, 0.717) is 12.4 Å². The Kier molecular flexibility index (Phi) is 11.0. The summed E-state index contributed by atoms with van der Waals surface area (Å²) < 4.78 is 10.9. The molecule has 1 N–H and O–H groups in total. The number of hydrogen-bond acceptors (Lipinski definition) is 4. The van der Waals surface area contributed by atoms with Crippen LogP contribution in [0.15, 0.2) is 60.2 Å². The van der Waals surface area contributed by atoms with Gasteiger partial charge in [0, 0.05) is 39.4 Å². The molecule has 1 aromatic heterocycles. The van der Waals surface area contributed by atoms with Crippen LogP contribution < -0.4 is 14.8 Å². The Morgan fingerprint density at radius 2 is 1.93 bits per heavy atom. The number of pyridine rings is 1. The second kappa shape index (κ2) is 13.0. The Labute approximate surface area is 184 Å². The van der Waals surface area contributed by atoms with Gasteiger partial charge in [0.2, 0.25) is 5.88 Å². The zero-order valence-electron chi connectivity index (χ0n) is 16.7. The molecule has 0 amide bonds. The van der Waals surface area contributed by atoms with Gasteiger partial charge >= 0.3 is 0 Å². The van der Waals surface area contributed by atoms with Crippen LogP contribution in [0.25, 0.3) is 0 Å². The van der Waals surface area contributed by atoms with E-state index in [2.05, 4.69) is 26.8 Å². The van der Waals surface area contributed by atoms with Crippen molar-refractivity contribution < 1.29 is 9.47 Å². The molecule has 0 aliphatic heterocycles. The number of halogens is 1. The third-order valence-corrected chi connectivity index (χ3v) is 4.01. The topological polar surface area (TPSA) is 59.0 Å². The molecule has 0 bridgehead atoms. The van der Waals surface area contributed by atoms with Gasteiger partial charge in [-0.2, -0.15) is 0 Å². The zero-order valence-corrected chi connectivity index (χ0v) is 19.1. The third-order valence-electron chi connectivity index (χ3n) is 4.01. The Hall–Kier alpha value is -2.29. The van der Waals surface area contributed by atoms with E-state index in [1.807, 2.05) is 49.5 Å². The second-order valence-electron chi connectivity index (χ2n) is 6.04. The van der Waals surface area contributed by atoms with Crippen molar-refractivity contribution in [3.63, 3.8) is 0 Å². The first-order valence-electron chi connectivity index (χ1n) is 8.95. The van der Waals surface area contributed by atoms with Crippen molar-refractivity contribution in [1.29, 1.82) is 0 Å². The lowest BCUT2D eigenvalue weighted by molar-refractivity contribution is 0.412. The van der Waals surface area contributed by atoms with Gasteiger partial charge in [-0.25, -0.2) is 4.98 Å². The van der Waals surface area contributed by atoms with E-state index >= 15 is 0 Å². The molecule has 0 unspecified atom stereocenters. The fourth-order valence-corrected chi connectivity index (χ4v) is 2.48. The molecule has 1 aromatic carbocycles. The molecule has 0 aliphatic rings. The fourth-order valence-electron chi connectivity index (χ4n) is 2.48. The van der Waals surface area contributed by atoms with Gasteiger partial charge in [0.1, 0.15) is 11.5 Å². The van der Waals surface area contributed by atoms with Crippen LogP contribution >= 0.6 is 24.0 Å². The molecule has 6 nitrogen and oxygen atoms in total. The van der Waals surface area contributed by atoms with E-state index in [4.69, 9.17) is 9.47 Å². The Morgan fingerprint density at radius 1 is 1.21 bits per heavy atom. The third kappa shape index (κ3) is 7.75. The number of rotatable bonds is 9. The number of ether oxygens (including phenoxy) is 2. The largest absolute Gasteiger partial charge is 0.497 e. The van der Waals surface area contributed by atoms with E-state index in [0.717, 1.165) is 42.4 Å². The van der Waals surface area contributed by atoms with Gasteiger partial charge in [-0.3, -0.25) is 4.99 Å². The van der Waals surface area contributed by atoms with E-state index in [1.165, 1.54) is 0 Å². The number of aromatic nitrogens is 1. The van der Waals surface area contributed by atoms with Crippen molar-refractivity contribution in [3.05, 3.63) is 60.8 Å². The molecule has 2 aromatic rings. The van der Waals surface area contributed by atoms with Crippen LogP contribution in [0.5, 0.6) is 17.4 Å². The van der Waals surface area contributed by atoms with E-state index in [1.54, 1.807) is 20.4 Å².